The third-order valence-corrected chi connectivity index (χ3v) is 3.98. The van der Waals surface area contributed by atoms with E-state index in [0.717, 1.165) is 12.1 Å². The number of hydrogen-bond acceptors (Lipinski definition) is 2. The smallest absolute Gasteiger partial charge is 0.335 e. The minimum Gasteiger partial charge on any atom is -0.478 e. The molecule has 2 rings (SSSR count). The molecule has 0 radical (unpaired) electrons. The van der Waals surface area contributed by atoms with E-state index >= 15 is 0 Å². The summed E-state index contributed by atoms with van der Waals surface area (Å²) in [5.41, 5.74) is 1.17. The van der Waals surface area contributed by atoms with Crippen molar-refractivity contribution in [2.45, 2.75) is 32.2 Å². The average Bonchev–Trinajstić information content (AvgIpc) is 2.98. The fraction of sp³-hybridized carbons (Fsp3) is 0.500. The van der Waals surface area contributed by atoms with Crippen LogP contribution in [-0.2, 0) is 6.54 Å². The molecule has 0 spiro atoms. The molecule has 0 atom stereocenters. The number of rotatable bonds is 5. The highest BCUT2D eigenvalue weighted by Crippen LogP contribution is 2.23. The molecule has 1 saturated carbocycles. The Kier molecular flexibility index (Phi) is 5.20. The van der Waals surface area contributed by atoms with Gasteiger partial charge in [0.2, 0.25) is 0 Å². The number of urea groups is 1. The quantitative estimate of drug-likeness (QED) is 0.876. The molecule has 1 aliphatic carbocycles. The fourth-order valence-corrected chi connectivity index (χ4v) is 2.68. The molecular formula is C16H22N2O3. The van der Waals surface area contributed by atoms with Gasteiger partial charge in [-0.1, -0.05) is 25.0 Å². The number of carbonyl (C=O) groups is 2. The molecule has 5 nitrogen and oxygen atoms in total. The Morgan fingerprint density at radius 3 is 2.43 bits per heavy atom. The number of amides is 2. The highest BCUT2D eigenvalue weighted by molar-refractivity contribution is 5.87. The van der Waals surface area contributed by atoms with E-state index in [9.17, 15) is 9.59 Å². The van der Waals surface area contributed by atoms with Crippen LogP contribution in [-0.4, -0.2) is 35.6 Å². The number of aromatic carboxylic acids is 1. The molecule has 5 heteroatoms. The van der Waals surface area contributed by atoms with Crippen LogP contribution in [0.1, 0.15) is 41.6 Å². The van der Waals surface area contributed by atoms with Gasteiger partial charge in [0.1, 0.15) is 0 Å². The van der Waals surface area contributed by atoms with Crippen molar-refractivity contribution in [3.05, 3.63) is 35.4 Å². The van der Waals surface area contributed by atoms with Crippen molar-refractivity contribution in [1.29, 1.82) is 0 Å². The SMILES string of the molecule is CN(Cc1ccc(C(=O)O)cc1)C(=O)NCC1CCCC1. The first-order chi connectivity index (χ1) is 10.1. The van der Waals surface area contributed by atoms with E-state index in [1.165, 1.54) is 25.7 Å². The molecule has 1 aromatic carbocycles. The lowest BCUT2D eigenvalue weighted by Crippen LogP contribution is -2.38. The van der Waals surface area contributed by atoms with Crippen LogP contribution in [0.25, 0.3) is 0 Å². The van der Waals surface area contributed by atoms with Crippen molar-refractivity contribution in [2.24, 2.45) is 5.92 Å². The minimum absolute atomic E-state index is 0.0794. The van der Waals surface area contributed by atoms with Crippen LogP contribution in [0.2, 0.25) is 0 Å². The Morgan fingerprint density at radius 1 is 1.24 bits per heavy atom. The maximum atomic E-state index is 12.0. The van der Waals surface area contributed by atoms with E-state index in [1.54, 1.807) is 36.2 Å². The predicted octanol–water partition coefficient (Wildman–Crippen LogP) is 2.72. The van der Waals surface area contributed by atoms with Crippen LogP contribution in [0.15, 0.2) is 24.3 Å². The van der Waals surface area contributed by atoms with Gasteiger partial charge in [0.25, 0.3) is 0 Å². The van der Waals surface area contributed by atoms with Gasteiger partial charge in [-0.25, -0.2) is 9.59 Å². The van der Waals surface area contributed by atoms with Crippen molar-refractivity contribution < 1.29 is 14.7 Å². The summed E-state index contributed by atoms with van der Waals surface area (Å²) in [4.78, 5) is 24.4. The largest absolute Gasteiger partial charge is 0.478 e. The number of carboxylic acid groups (broad SMARTS) is 1. The molecule has 0 unspecified atom stereocenters. The highest BCUT2D eigenvalue weighted by Gasteiger charge is 2.17. The number of nitrogens with one attached hydrogen (secondary N) is 1. The molecule has 1 aromatic rings. The van der Waals surface area contributed by atoms with Crippen LogP contribution < -0.4 is 5.32 Å². The second kappa shape index (κ2) is 7.11. The predicted molar refractivity (Wildman–Crippen MR) is 80.2 cm³/mol. The molecule has 2 amide bonds. The highest BCUT2D eigenvalue weighted by atomic mass is 16.4. The molecule has 1 fully saturated rings. The maximum Gasteiger partial charge on any atom is 0.335 e. The summed E-state index contributed by atoms with van der Waals surface area (Å²) in [6.45, 7) is 1.22. The zero-order chi connectivity index (χ0) is 15.2. The first-order valence-electron chi connectivity index (χ1n) is 7.37. The minimum atomic E-state index is -0.941. The molecule has 21 heavy (non-hydrogen) atoms. The third-order valence-electron chi connectivity index (χ3n) is 3.98. The summed E-state index contributed by atoms with van der Waals surface area (Å²) >= 11 is 0. The zero-order valence-corrected chi connectivity index (χ0v) is 12.3. The molecule has 0 heterocycles. The van der Waals surface area contributed by atoms with Crippen LogP contribution >= 0.6 is 0 Å². The Labute approximate surface area is 125 Å². The van der Waals surface area contributed by atoms with Crippen molar-refractivity contribution >= 4 is 12.0 Å². The fourth-order valence-electron chi connectivity index (χ4n) is 2.68. The lowest BCUT2D eigenvalue weighted by molar-refractivity contribution is 0.0697. The van der Waals surface area contributed by atoms with Gasteiger partial charge in [-0.2, -0.15) is 0 Å². The molecular weight excluding hydrogens is 268 g/mol. The third kappa shape index (κ3) is 4.48. The molecule has 1 aliphatic rings. The van der Waals surface area contributed by atoms with Gasteiger partial charge in [0, 0.05) is 20.1 Å². The number of carboxylic acids is 1. The summed E-state index contributed by atoms with van der Waals surface area (Å²) in [6.07, 6.45) is 4.96. The lowest BCUT2D eigenvalue weighted by Gasteiger charge is -2.19. The van der Waals surface area contributed by atoms with E-state index in [-0.39, 0.29) is 11.6 Å². The van der Waals surface area contributed by atoms with Gasteiger partial charge in [-0.05, 0) is 36.5 Å². The van der Waals surface area contributed by atoms with Gasteiger partial charge < -0.3 is 15.3 Å². The number of nitrogens with zero attached hydrogens (tertiary/aromatic N) is 1. The van der Waals surface area contributed by atoms with Crippen molar-refractivity contribution in [3.63, 3.8) is 0 Å². The van der Waals surface area contributed by atoms with Crippen LogP contribution in [0.5, 0.6) is 0 Å². The van der Waals surface area contributed by atoms with Crippen LogP contribution in [0, 0.1) is 5.92 Å². The monoisotopic (exact) mass is 290 g/mol. The Morgan fingerprint density at radius 2 is 1.86 bits per heavy atom. The molecule has 0 saturated heterocycles. The van der Waals surface area contributed by atoms with Crippen LogP contribution in [0.4, 0.5) is 4.79 Å². The molecule has 114 valence electrons. The van der Waals surface area contributed by atoms with E-state index in [4.69, 9.17) is 5.11 Å². The summed E-state index contributed by atoms with van der Waals surface area (Å²) in [5.74, 6) is -0.318. The summed E-state index contributed by atoms with van der Waals surface area (Å²) in [7, 11) is 1.75. The second-order valence-corrected chi connectivity index (χ2v) is 5.69. The van der Waals surface area contributed by atoms with E-state index in [0.29, 0.717) is 12.5 Å². The summed E-state index contributed by atoms with van der Waals surface area (Å²) in [5, 5.41) is 11.8. The van der Waals surface area contributed by atoms with E-state index < -0.39 is 5.97 Å². The second-order valence-electron chi connectivity index (χ2n) is 5.69. The molecule has 0 aliphatic heterocycles. The average molecular weight is 290 g/mol. The number of benzene rings is 1. The normalized spacial score (nSPS) is 14.9. The van der Waals surface area contributed by atoms with Gasteiger partial charge in [-0.3, -0.25) is 0 Å². The summed E-state index contributed by atoms with van der Waals surface area (Å²) in [6, 6.07) is 6.52. The Bertz CT molecular complexity index is 493. The molecule has 2 N–H and O–H groups in total. The lowest BCUT2D eigenvalue weighted by atomic mass is 10.1. The zero-order valence-electron chi connectivity index (χ0n) is 12.3. The van der Waals surface area contributed by atoms with Crippen molar-refractivity contribution in [3.8, 4) is 0 Å². The van der Waals surface area contributed by atoms with Crippen molar-refractivity contribution in [2.75, 3.05) is 13.6 Å². The number of hydrogen-bond donors (Lipinski definition) is 2. The first-order valence-corrected chi connectivity index (χ1v) is 7.37. The number of carbonyl (C=O) groups excluding carboxylic acids is 1. The van der Waals surface area contributed by atoms with E-state index in [2.05, 4.69) is 5.32 Å². The van der Waals surface area contributed by atoms with Gasteiger partial charge in [0.15, 0.2) is 0 Å². The van der Waals surface area contributed by atoms with Crippen molar-refractivity contribution in [1.82, 2.24) is 10.2 Å². The molecule has 0 bridgehead atoms. The van der Waals surface area contributed by atoms with Crippen LogP contribution in [0.3, 0.4) is 0 Å². The maximum absolute atomic E-state index is 12.0. The van der Waals surface area contributed by atoms with Gasteiger partial charge in [0.05, 0.1) is 5.56 Å². The standard InChI is InChI=1S/C16H22N2O3/c1-18(16(21)17-10-12-4-2-3-5-12)11-13-6-8-14(9-7-13)15(19)20/h6-9,12H,2-5,10-11H2,1H3,(H,17,21)(H,19,20). The first kappa shape index (κ1) is 15.4. The molecule has 0 aromatic heterocycles. The summed E-state index contributed by atoms with van der Waals surface area (Å²) < 4.78 is 0. The topological polar surface area (TPSA) is 69.6 Å². The Hall–Kier alpha value is -2.04. The Balaban J connectivity index is 1.80. The van der Waals surface area contributed by atoms with Gasteiger partial charge >= 0.3 is 12.0 Å². The van der Waals surface area contributed by atoms with E-state index in [1.807, 2.05) is 0 Å². The van der Waals surface area contributed by atoms with Gasteiger partial charge in [-0.15, -0.1) is 0 Å².